The molecule has 0 bridgehead atoms. The lowest BCUT2D eigenvalue weighted by Crippen LogP contribution is -2.52. The Bertz CT molecular complexity index is 698. The third-order valence-electron chi connectivity index (χ3n) is 3.79. The Kier molecular flexibility index (Phi) is 6.88. The van der Waals surface area contributed by atoms with Crippen molar-refractivity contribution in [2.45, 2.75) is 65.4 Å². The van der Waals surface area contributed by atoms with Gasteiger partial charge in [0.15, 0.2) is 6.04 Å². The summed E-state index contributed by atoms with van der Waals surface area (Å²) in [7, 11) is 0. The summed E-state index contributed by atoms with van der Waals surface area (Å²) in [6.07, 6.45) is -1.63. The Hall–Kier alpha value is -2.77. The summed E-state index contributed by atoms with van der Waals surface area (Å²) in [5.41, 5.74) is 0.0490. The van der Waals surface area contributed by atoms with Crippen LogP contribution >= 0.6 is 0 Å². The van der Waals surface area contributed by atoms with E-state index in [1.165, 1.54) is 0 Å². The Morgan fingerprint density at radius 2 is 1.75 bits per heavy atom. The third-order valence-corrected chi connectivity index (χ3v) is 3.79. The van der Waals surface area contributed by atoms with Crippen molar-refractivity contribution < 1.29 is 28.6 Å². The minimum Gasteiger partial charge on any atom is -0.461 e. The molecule has 8 heteroatoms. The summed E-state index contributed by atoms with van der Waals surface area (Å²) in [4.78, 5) is 37.7. The van der Waals surface area contributed by atoms with Crippen LogP contribution in [0.3, 0.4) is 0 Å². The average molecular weight is 392 g/mol. The summed E-state index contributed by atoms with van der Waals surface area (Å²) in [6, 6.07) is 8.19. The lowest BCUT2D eigenvalue weighted by Gasteiger charge is -2.32. The van der Waals surface area contributed by atoms with Crippen molar-refractivity contribution >= 4 is 18.2 Å². The molecular weight excluding hydrogens is 364 g/mol. The second kappa shape index (κ2) is 8.95. The number of esters is 1. The second-order valence-corrected chi connectivity index (χ2v) is 7.78. The largest absolute Gasteiger partial charge is 0.461 e. The topological polar surface area (TPSA) is 85.4 Å². The van der Waals surface area contributed by atoms with Crippen LogP contribution in [0, 0.1) is 0 Å². The summed E-state index contributed by atoms with van der Waals surface area (Å²) < 4.78 is 15.9. The quantitative estimate of drug-likeness (QED) is 0.576. The Labute approximate surface area is 165 Å². The van der Waals surface area contributed by atoms with Crippen molar-refractivity contribution in [3.05, 3.63) is 35.9 Å². The molecule has 1 aliphatic heterocycles. The van der Waals surface area contributed by atoms with E-state index in [1.807, 2.05) is 30.3 Å². The first kappa shape index (κ1) is 21.5. The molecule has 28 heavy (non-hydrogen) atoms. The van der Waals surface area contributed by atoms with Gasteiger partial charge in [-0.05, 0) is 40.2 Å². The molecule has 0 aliphatic carbocycles. The van der Waals surface area contributed by atoms with Gasteiger partial charge in [-0.1, -0.05) is 30.3 Å². The predicted octanol–water partition coefficient (Wildman–Crippen LogP) is 3.50. The van der Waals surface area contributed by atoms with Gasteiger partial charge in [-0.25, -0.2) is 19.4 Å². The maximum Gasteiger partial charge on any atom is 0.430 e. The highest BCUT2D eigenvalue weighted by Crippen LogP contribution is 2.24. The van der Waals surface area contributed by atoms with Gasteiger partial charge in [0.2, 0.25) is 0 Å². The van der Waals surface area contributed by atoms with E-state index >= 15 is 0 Å². The number of hydrazine groups is 1. The van der Waals surface area contributed by atoms with E-state index in [2.05, 4.69) is 0 Å². The van der Waals surface area contributed by atoms with E-state index in [4.69, 9.17) is 14.2 Å². The number of hydrogen-bond acceptors (Lipinski definition) is 6. The average Bonchev–Trinajstić information content (AvgIpc) is 3.04. The lowest BCUT2D eigenvalue weighted by atomic mass is 10.2. The Morgan fingerprint density at radius 1 is 1.11 bits per heavy atom. The molecule has 2 rings (SSSR count). The van der Waals surface area contributed by atoms with Crippen LogP contribution in [0.1, 0.15) is 46.6 Å². The van der Waals surface area contributed by atoms with Crippen molar-refractivity contribution in [1.82, 2.24) is 10.0 Å². The molecule has 1 unspecified atom stereocenters. The maximum absolute atomic E-state index is 12.7. The number of amides is 2. The van der Waals surface area contributed by atoms with E-state index in [1.54, 1.807) is 34.6 Å². The van der Waals surface area contributed by atoms with Crippen LogP contribution in [0.15, 0.2) is 30.3 Å². The number of carbonyl (C=O) groups is 3. The zero-order valence-corrected chi connectivity index (χ0v) is 17.0. The number of benzene rings is 1. The minimum atomic E-state index is -0.946. The van der Waals surface area contributed by atoms with Gasteiger partial charge in [-0.3, -0.25) is 0 Å². The second-order valence-electron chi connectivity index (χ2n) is 7.78. The van der Waals surface area contributed by atoms with Crippen LogP contribution in [-0.2, 0) is 25.6 Å². The number of rotatable bonds is 4. The monoisotopic (exact) mass is 392 g/mol. The molecule has 1 fully saturated rings. The molecule has 0 N–H and O–H groups in total. The van der Waals surface area contributed by atoms with E-state index in [-0.39, 0.29) is 25.7 Å². The van der Waals surface area contributed by atoms with E-state index < -0.39 is 29.8 Å². The van der Waals surface area contributed by atoms with Crippen molar-refractivity contribution in [2.24, 2.45) is 0 Å². The number of ether oxygens (including phenoxy) is 3. The fourth-order valence-electron chi connectivity index (χ4n) is 2.68. The highest BCUT2D eigenvalue weighted by molar-refractivity contribution is 5.84. The predicted molar refractivity (Wildman–Crippen MR) is 101 cm³/mol. The van der Waals surface area contributed by atoms with Gasteiger partial charge >= 0.3 is 18.2 Å². The van der Waals surface area contributed by atoms with Crippen LogP contribution < -0.4 is 0 Å². The number of hydrogen-bond donors (Lipinski definition) is 0. The zero-order valence-electron chi connectivity index (χ0n) is 17.0. The first-order valence-electron chi connectivity index (χ1n) is 9.29. The molecule has 0 radical (unpaired) electrons. The molecule has 8 nitrogen and oxygen atoms in total. The maximum atomic E-state index is 12.7. The SMILES string of the molecule is CC(C)OC(=O)C1CCN(C(=O)OC(C)(C)C)N1C(=O)OCc1ccccc1. The van der Waals surface area contributed by atoms with Crippen LogP contribution in [0.25, 0.3) is 0 Å². The molecule has 0 saturated carbocycles. The molecule has 0 spiro atoms. The highest BCUT2D eigenvalue weighted by Gasteiger charge is 2.45. The lowest BCUT2D eigenvalue weighted by molar-refractivity contribution is -0.155. The standard InChI is InChI=1S/C20H28N2O6/c1-14(2)27-17(23)16-11-12-21(18(24)28-20(3,4)5)22(16)19(25)26-13-15-9-7-6-8-10-15/h6-10,14,16H,11-13H2,1-5H3. The van der Waals surface area contributed by atoms with Crippen molar-refractivity contribution in [2.75, 3.05) is 6.54 Å². The Morgan fingerprint density at radius 3 is 2.32 bits per heavy atom. The fourth-order valence-corrected chi connectivity index (χ4v) is 2.68. The van der Waals surface area contributed by atoms with Gasteiger partial charge in [-0.15, -0.1) is 0 Å². The molecule has 1 aromatic rings. The summed E-state index contributed by atoms with van der Waals surface area (Å²) in [5, 5.41) is 2.10. The van der Waals surface area contributed by atoms with Crippen molar-refractivity contribution in [3.8, 4) is 0 Å². The molecule has 1 heterocycles. The molecule has 2 amide bonds. The molecule has 154 valence electrons. The molecule has 0 aromatic heterocycles. The summed E-state index contributed by atoms with van der Waals surface area (Å²) in [5.74, 6) is -0.585. The molecule has 1 aliphatic rings. The molecule has 1 saturated heterocycles. The first-order chi connectivity index (χ1) is 13.1. The fraction of sp³-hybridized carbons (Fsp3) is 0.550. The molecular formula is C20H28N2O6. The van der Waals surface area contributed by atoms with Gasteiger partial charge in [0.05, 0.1) is 6.10 Å². The van der Waals surface area contributed by atoms with Gasteiger partial charge in [0.1, 0.15) is 12.2 Å². The van der Waals surface area contributed by atoms with E-state index in [9.17, 15) is 14.4 Å². The van der Waals surface area contributed by atoms with E-state index in [0.29, 0.717) is 0 Å². The smallest absolute Gasteiger partial charge is 0.430 e. The highest BCUT2D eigenvalue weighted by atomic mass is 16.6. The van der Waals surface area contributed by atoms with Crippen LogP contribution in [0.5, 0.6) is 0 Å². The Balaban J connectivity index is 2.16. The van der Waals surface area contributed by atoms with E-state index in [0.717, 1.165) is 15.6 Å². The van der Waals surface area contributed by atoms with Crippen LogP contribution in [0.2, 0.25) is 0 Å². The van der Waals surface area contributed by atoms with Gasteiger partial charge in [-0.2, -0.15) is 5.01 Å². The normalized spacial score (nSPS) is 16.9. The van der Waals surface area contributed by atoms with Gasteiger partial charge < -0.3 is 14.2 Å². The third kappa shape index (κ3) is 5.87. The van der Waals surface area contributed by atoms with Gasteiger partial charge in [0, 0.05) is 13.0 Å². The summed E-state index contributed by atoms with van der Waals surface area (Å²) in [6.45, 7) is 8.78. The van der Waals surface area contributed by atoms with Crippen molar-refractivity contribution in [1.29, 1.82) is 0 Å². The number of nitrogens with zero attached hydrogens (tertiary/aromatic N) is 2. The van der Waals surface area contributed by atoms with Crippen LogP contribution in [0.4, 0.5) is 9.59 Å². The van der Waals surface area contributed by atoms with Crippen LogP contribution in [-0.4, -0.2) is 52.5 Å². The molecule has 1 aromatic carbocycles. The molecule has 1 atom stereocenters. The minimum absolute atomic E-state index is 0.0181. The first-order valence-corrected chi connectivity index (χ1v) is 9.29. The van der Waals surface area contributed by atoms with Gasteiger partial charge in [0.25, 0.3) is 0 Å². The zero-order chi connectivity index (χ0) is 20.9. The van der Waals surface area contributed by atoms with Crippen molar-refractivity contribution in [3.63, 3.8) is 0 Å². The summed E-state index contributed by atoms with van der Waals surface area (Å²) >= 11 is 0. The number of carbonyl (C=O) groups excluding carboxylic acids is 3.